The van der Waals surface area contributed by atoms with Crippen molar-refractivity contribution in [1.82, 2.24) is 5.32 Å². The van der Waals surface area contributed by atoms with Gasteiger partial charge in [0.15, 0.2) is 6.29 Å². The van der Waals surface area contributed by atoms with E-state index < -0.39 is 49.5 Å². The topological polar surface area (TPSA) is 149 Å². The second-order valence-corrected chi connectivity index (χ2v) is 22.9. The van der Waals surface area contributed by atoms with E-state index in [0.717, 1.165) is 44.9 Å². The van der Waals surface area contributed by atoms with Crippen LogP contribution in [0.2, 0.25) is 0 Å². The molecule has 1 aliphatic rings. The smallest absolute Gasteiger partial charge is 0.220 e. The van der Waals surface area contributed by atoms with Gasteiger partial charge in [-0.2, -0.15) is 0 Å². The third-order valence-electron chi connectivity index (χ3n) is 15.6. The van der Waals surface area contributed by atoms with Crippen molar-refractivity contribution in [3.63, 3.8) is 0 Å². The molecule has 0 aromatic heterocycles. The van der Waals surface area contributed by atoms with Gasteiger partial charge in [-0.15, -0.1) is 0 Å². The van der Waals surface area contributed by atoms with Gasteiger partial charge in [-0.25, -0.2) is 0 Å². The quantitative estimate of drug-likeness (QED) is 0.0261. The maximum atomic E-state index is 13.1. The zero-order valence-corrected chi connectivity index (χ0v) is 49.8. The number of carbonyl (C=O) groups is 1. The van der Waals surface area contributed by atoms with E-state index in [1.807, 2.05) is 6.08 Å². The molecule has 7 unspecified atom stereocenters. The molecular weight excluding hydrogens is 947 g/mol. The molecule has 1 fully saturated rings. The van der Waals surface area contributed by atoms with Gasteiger partial charge in [0.2, 0.25) is 5.91 Å². The van der Waals surface area contributed by atoms with Crippen molar-refractivity contribution in [2.75, 3.05) is 13.2 Å². The molecule has 1 saturated heterocycles. The number of nitrogens with one attached hydrogen (secondary N) is 1. The second kappa shape index (κ2) is 56.4. The molecule has 0 aliphatic carbocycles. The molecule has 1 aliphatic heterocycles. The summed E-state index contributed by atoms with van der Waals surface area (Å²) in [4.78, 5) is 13.1. The van der Waals surface area contributed by atoms with Gasteiger partial charge < -0.3 is 40.3 Å². The van der Waals surface area contributed by atoms with Gasteiger partial charge in [0.1, 0.15) is 24.4 Å². The number of amides is 1. The minimum atomic E-state index is -1.57. The Balaban J connectivity index is 2.17. The van der Waals surface area contributed by atoms with Gasteiger partial charge in [-0.05, 0) is 64.2 Å². The molecule has 6 N–H and O–H groups in total. The van der Waals surface area contributed by atoms with Crippen LogP contribution in [0.25, 0.3) is 0 Å². The third-order valence-corrected chi connectivity index (χ3v) is 15.6. The van der Waals surface area contributed by atoms with E-state index in [9.17, 15) is 30.3 Å². The highest BCUT2D eigenvalue weighted by atomic mass is 16.7. The summed E-state index contributed by atoms with van der Waals surface area (Å²) < 4.78 is 11.3. The standard InChI is InChI=1S/C67H125NO8/c1-3-5-7-9-11-13-15-17-19-21-23-25-27-29-30-31-32-33-35-37-39-41-43-45-47-49-51-53-55-57-63(71)68-60(59-75-67-66(74)65(73)64(72)62(58-69)76-67)61(70)56-54-52-50-48-46-44-42-40-38-36-34-28-26-24-22-20-18-16-14-12-10-8-6-4-2/h15,17,21,23,46,48,54,56,60-62,64-67,69-70,72-74H,3-14,16,18-20,22,24-45,47,49-53,55,57-59H2,1-2H3,(H,68,71)/b17-15-,23-21-,48-46+,56-54+. The summed E-state index contributed by atoms with van der Waals surface area (Å²) in [5.41, 5.74) is 0. The predicted octanol–water partition coefficient (Wildman–Crippen LogP) is 17.2. The molecule has 0 saturated carbocycles. The van der Waals surface area contributed by atoms with Crippen LogP contribution in [0.1, 0.15) is 316 Å². The van der Waals surface area contributed by atoms with Crippen LogP contribution in [0, 0.1) is 0 Å². The normalized spacial score (nSPS) is 19.1. The Morgan fingerprint density at radius 2 is 0.789 bits per heavy atom. The number of ether oxygens (including phenoxy) is 2. The summed E-state index contributed by atoms with van der Waals surface area (Å²) in [6, 6.07) is -0.823. The number of hydrogen-bond acceptors (Lipinski definition) is 8. The van der Waals surface area contributed by atoms with Gasteiger partial charge in [0, 0.05) is 6.42 Å². The molecule has 9 nitrogen and oxygen atoms in total. The van der Waals surface area contributed by atoms with Crippen molar-refractivity contribution in [2.24, 2.45) is 0 Å². The highest BCUT2D eigenvalue weighted by Gasteiger charge is 2.44. The Morgan fingerprint density at radius 3 is 1.18 bits per heavy atom. The number of allylic oxidation sites excluding steroid dienone is 7. The minimum absolute atomic E-state index is 0.182. The zero-order chi connectivity index (χ0) is 55.0. The molecule has 1 rings (SSSR count). The highest BCUT2D eigenvalue weighted by molar-refractivity contribution is 5.76. The lowest BCUT2D eigenvalue weighted by Crippen LogP contribution is -2.60. The Kier molecular flexibility index (Phi) is 53.6. The molecule has 0 bridgehead atoms. The maximum absolute atomic E-state index is 13.1. The molecule has 9 heteroatoms. The van der Waals surface area contributed by atoms with E-state index in [2.05, 4.69) is 55.6 Å². The van der Waals surface area contributed by atoms with E-state index in [0.29, 0.717) is 6.42 Å². The average Bonchev–Trinajstić information content (AvgIpc) is 3.42. The van der Waals surface area contributed by atoms with Crippen LogP contribution >= 0.6 is 0 Å². The molecule has 0 radical (unpaired) electrons. The lowest BCUT2D eigenvalue weighted by Gasteiger charge is -2.40. The molecule has 446 valence electrons. The fourth-order valence-electron chi connectivity index (χ4n) is 10.4. The zero-order valence-electron chi connectivity index (χ0n) is 49.8. The van der Waals surface area contributed by atoms with E-state index in [1.54, 1.807) is 6.08 Å². The summed E-state index contributed by atoms with van der Waals surface area (Å²) in [5.74, 6) is -0.182. The van der Waals surface area contributed by atoms with Crippen LogP contribution in [0.15, 0.2) is 48.6 Å². The maximum Gasteiger partial charge on any atom is 0.220 e. The predicted molar refractivity (Wildman–Crippen MR) is 323 cm³/mol. The SMILES string of the molecule is CCCCCCC/C=C\C/C=C\CCCCCCCCCCCCCCCCCCCC(=O)NC(COC1OC(CO)C(O)C(O)C1O)C(O)/C=C/CC/C=C/CCCCCCCCCCCCCCCCCCCC. The van der Waals surface area contributed by atoms with Crippen molar-refractivity contribution >= 4 is 5.91 Å². The fraction of sp³-hybridized carbons (Fsp3) is 0.866. The van der Waals surface area contributed by atoms with Crippen LogP contribution in [-0.4, -0.2) is 87.5 Å². The van der Waals surface area contributed by atoms with Gasteiger partial charge in [-0.1, -0.05) is 294 Å². The largest absolute Gasteiger partial charge is 0.394 e. The lowest BCUT2D eigenvalue weighted by atomic mass is 9.99. The van der Waals surface area contributed by atoms with Crippen LogP contribution in [0.3, 0.4) is 0 Å². The van der Waals surface area contributed by atoms with E-state index in [1.165, 1.54) is 250 Å². The summed E-state index contributed by atoms with van der Waals surface area (Å²) >= 11 is 0. The van der Waals surface area contributed by atoms with Gasteiger partial charge in [-0.3, -0.25) is 4.79 Å². The summed E-state index contributed by atoms with van der Waals surface area (Å²) in [7, 11) is 0. The van der Waals surface area contributed by atoms with Gasteiger partial charge in [0.05, 0.1) is 25.4 Å². The first kappa shape index (κ1) is 72.2. The number of aliphatic hydroxyl groups excluding tert-OH is 5. The van der Waals surface area contributed by atoms with Crippen molar-refractivity contribution < 1.29 is 39.8 Å². The molecular formula is C67H125NO8. The monoisotopic (exact) mass is 1070 g/mol. The van der Waals surface area contributed by atoms with Crippen LogP contribution in [0.4, 0.5) is 0 Å². The number of rotatable bonds is 57. The Morgan fingerprint density at radius 1 is 0.447 bits per heavy atom. The lowest BCUT2D eigenvalue weighted by molar-refractivity contribution is -0.302. The average molecular weight is 1070 g/mol. The molecule has 1 heterocycles. The molecule has 7 atom stereocenters. The minimum Gasteiger partial charge on any atom is -0.394 e. The summed E-state index contributed by atoms with van der Waals surface area (Å²) in [5, 5.41) is 54.7. The Hall–Kier alpha value is -1.85. The Bertz CT molecular complexity index is 1340. The second-order valence-electron chi connectivity index (χ2n) is 22.9. The van der Waals surface area contributed by atoms with E-state index in [4.69, 9.17) is 9.47 Å². The number of hydrogen-bond donors (Lipinski definition) is 6. The fourth-order valence-corrected chi connectivity index (χ4v) is 10.4. The van der Waals surface area contributed by atoms with Crippen LogP contribution < -0.4 is 5.32 Å². The van der Waals surface area contributed by atoms with Gasteiger partial charge in [0.25, 0.3) is 0 Å². The molecule has 0 spiro atoms. The first-order valence-electron chi connectivity index (χ1n) is 32.9. The van der Waals surface area contributed by atoms with E-state index in [-0.39, 0.29) is 12.5 Å². The first-order valence-corrected chi connectivity index (χ1v) is 32.9. The first-order chi connectivity index (χ1) is 37.3. The molecule has 0 aromatic rings. The number of carbonyl (C=O) groups excluding carboxylic acids is 1. The summed E-state index contributed by atoms with van der Waals surface area (Å²) in [6.45, 7) is 3.79. The highest BCUT2D eigenvalue weighted by Crippen LogP contribution is 2.23. The van der Waals surface area contributed by atoms with Crippen LogP contribution in [0.5, 0.6) is 0 Å². The van der Waals surface area contributed by atoms with Crippen molar-refractivity contribution in [2.45, 2.75) is 358 Å². The third kappa shape index (κ3) is 44.9. The summed E-state index contributed by atoms with van der Waals surface area (Å²) in [6.07, 6.45) is 69.2. The number of aliphatic hydroxyl groups is 5. The molecule has 76 heavy (non-hydrogen) atoms. The Labute approximate surface area is 469 Å². The van der Waals surface area contributed by atoms with E-state index >= 15 is 0 Å². The van der Waals surface area contributed by atoms with Crippen molar-refractivity contribution in [3.05, 3.63) is 48.6 Å². The molecule has 1 amide bonds. The van der Waals surface area contributed by atoms with Crippen molar-refractivity contribution in [3.8, 4) is 0 Å². The molecule has 0 aromatic carbocycles. The number of unbranched alkanes of at least 4 members (excludes halogenated alkanes) is 41. The van der Waals surface area contributed by atoms with Crippen molar-refractivity contribution in [1.29, 1.82) is 0 Å². The van der Waals surface area contributed by atoms with Crippen LogP contribution in [-0.2, 0) is 14.3 Å². The van der Waals surface area contributed by atoms with Gasteiger partial charge >= 0.3 is 0 Å².